The molecular formula is C23H21NO6. The Bertz CT molecular complexity index is 1220. The van der Waals surface area contributed by atoms with Crippen LogP contribution in [0.3, 0.4) is 0 Å². The number of carbonyl (C=O) groups is 2. The molecule has 0 unspecified atom stereocenters. The van der Waals surface area contributed by atoms with Crippen molar-refractivity contribution >= 4 is 28.2 Å². The van der Waals surface area contributed by atoms with Gasteiger partial charge in [-0.25, -0.2) is 4.79 Å². The van der Waals surface area contributed by atoms with Gasteiger partial charge in [0.15, 0.2) is 12.4 Å². The first-order chi connectivity index (χ1) is 14.3. The van der Waals surface area contributed by atoms with E-state index in [0.717, 1.165) is 0 Å². The molecule has 30 heavy (non-hydrogen) atoms. The molecule has 1 heterocycles. The van der Waals surface area contributed by atoms with E-state index in [0.29, 0.717) is 27.8 Å². The number of para-hydroxylation sites is 1. The number of rotatable bonds is 6. The van der Waals surface area contributed by atoms with Crippen LogP contribution in [0.5, 0.6) is 11.5 Å². The van der Waals surface area contributed by atoms with Gasteiger partial charge in [0.1, 0.15) is 17.1 Å². The van der Waals surface area contributed by atoms with Crippen LogP contribution in [-0.2, 0) is 16.6 Å². The van der Waals surface area contributed by atoms with Crippen molar-refractivity contribution in [1.29, 1.82) is 0 Å². The van der Waals surface area contributed by atoms with Crippen LogP contribution in [0, 0.1) is 0 Å². The highest BCUT2D eigenvalue weighted by Gasteiger charge is 2.19. The van der Waals surface area contributed by atoms with Crippen LogP contribution in [-0.4, -0.2) is 35.1 Å². The Hall–Kier alpha value is -3.87. The summed E-state index contributed by atoms with van der Waals surface area (Å²) >= 11 is 0. The van der Waals surface area contributed by atoms with Crippen LogP contribution in [0.1, 0.15) is 22.8 Å². The summed E-state index contributed by atoms with van der Waals surface area (Å²) in [7, 11) is 2.83. The maximum Gasteiger partial charge on any atom is 0.343 e. The fraction of sp³-hybridized carbons (Fsp3) is 0.174. The summed E-state index contributed by atoms with van der Waals surface area (Å²) in [4.78, 5) is 36.8. The maximum atomic E-state index is 12.9. The Kier molecular flexibility index (Phi) is 6.01. The number of aryl methyl sites for hydroxylation is 1. The number of nitrogens with zero attached hydrogens (tertiary/aromatic N) is 1. The second-order valence-electron chi connectivity index (χ2n) is 6.69. The zero-order valence-electron chi connectivity index (χ0n) is 16.8. The molecule has 7 heteroatoms. The number of esters is 1. The zero-order chi connectivity index (χ0) is 21.8. The molecule has 3 rings (SSSR count). The van der Waals surface area contributed by atoms with E-state index >= 15 is 0 Å². The van der Waals surface area contributed by atoms with Crippen LogP contribution in [0.15, 0.2) is 59.4 Å². The van der Waals surface area contributed by atoms with Crippen LogP contribution < -0.4 is 10.3 Å². The van der Waals surface area contributed by atoms with Crippen LogP contribution >= 0.6 is 0 Å². The van der Waals surface area contributed by atoms with E-state index in [1.807, 2.05) is 0 Å². The predicted octanol–water partition coefficient (Wildman–Crippen LogP) is 3.08. The molecule has 0 saturated carbocycles. The van der Waals surface area contributed by atoms with Gasteiger partial charge in [0.25, 0.3) is 5.56 Å². The molecule has 0 aliphatic heterocycles. The monoisotopic (exact) mass is 407 g/mol. The van der Waals surface area contributed by atoms with Crippen molar-refractivity contribution in [1.82, 2.24) is 4.57 Å². The molecule has 0 atom stereocenters. The molecule has 1 N–H and O–H groups in total. The van der Waals surface area contributed by atoms with E-state index < -0.39 is 17.3 Å². The fourth-order valence-electron chi connectivity index (χ4n) is 3.09. The highest BCUT2D eigenvalue weighted by Crippen LogP contribution is 2.27. The fourth-order valence-corrected chi connectivity index (χ4v) is 3.09. The highest BCUT2D eigenvalue weighted by atomic mass is 16.6. The van der Waals surface area contributed by atoms with Gasteiger partial charge < -0.3 is 19.1 Å². The lowest BCUT2D eigenvalue weighted by molar-refractivity contribution is -0.142. The van der Waals surface area contributed by atoms with E-state index in [1.165, 1.54) is 17.8 Å². The molecule has 154 valence electrons. The molecule has 0 bridgehead atoms. The van der Waals surface area contributed by atoms with Crippen LogP contribution in [0.2, 0.25) is 0 Å². The minimum atomic E-state index is -0.600. The second-order valence-corrected chi connectivity index (χ2v) is 6.69. The van der Waals surface area contributed by atoms with Gasteiger partial charge in [-0.2, -0.15) is 0 Å². The summed E-state index contributed by atoms with van der Waals surface area (Å²) in [6.07, 6.45) is 1.30. The summed E-state index contributed by atoms with van der Waals surface area (Å²) in [6.45, 7) is 1.47. The number of methoxy groups -OCH3 is 1. The van der Waals surface area contributed by atoms with Crippen molar-refractivity contribution in [3.8, 4) is 11.5 Å². The van der Waals surface area contributed by atoms with E-state index in [2.05, 4.69) is 4.74 Å². The number of allylic oxidation sites excluding steroid dienone is 2. The molecule has 3 aromatic rings. The average molecular weight is 407 g/mol. The number of benzene rings is 2. The average Bonchev–Trinajstić information content (AvgIpc) is 2.76. The number of aromatic nitrogens is 1. The van der Waals surface area contributed by atoms with Gasteiger partial charge in [-0.15, -0.1) is 0 Å². The number of ketones is 1. The van der Waals surface area contributed by atoms with Crippen molar-refractivity contribution < 1.29 is 24.2 Å². The Labute approximate surface area is 172 Å². The number of ether oxygens (including phenoxy) is 2. The van der Waals surface area contributed by atoms with Crippen molar-refractivity contribution in [2.75, 3.05) is 13.7 Å². The molecule has 0 radical (unpaired) electrons. The number of fused-ring (bicyclic) bond motifs is 1. The van der Waals surface area contributed by atoms with Gasteiger partial charge in [0.2, 0.25) is 0 Å². The molecule has 0 saturated heterocycles. The predicted molar refractivity (Wildman–Crippen MR) is 113 cm³/mol. The van der Waals surface area contributed by atoms with E-state index in [4.69, 9.17) is 4.74 Å². The number of hydrogen-bond acceptors (Lipinski definition) is 6. The van der Waals surface area contributed by atoms with Crippen LogP contribution in [0.4, 0.5) is 0 Å². The summed E-state index contributed by atoms with van der Waals surface area (Å²) in [5.74, 6) is -1.01. The number of aromatic hydroxyl groups is 1. The van der Waals surface area contributed by atoms with Gasteiger partial charge in [-0.3, -0.25) is 9.59 Å². The van der Waals surface area contributed by atoms with Crippen molar-refractivity contribution in [3.63, 3.8) is 0 Å². The lowest BCUT2D eigenvalue weighted by atomic mass is 10.0. The standard InChI is InChI=1S/C23H21NO6/c1-14(15-7-6-8-16(12-15)30-13-20(26)29-3)11-19(25)21-22(27)17-9-4-5-10-18(17)24(2)23(21)28/h4-12,27H,13H2,1-3H3/b14-11+. The first-order valence-corrected chi connectivity index (χ1v) is 9.17. The van der Waals surface area contributed by atoms with Gasteiger partial charge in [0.05, 0.1) is 12.6 Å². The van der Waals surface area contributed by atoms with Gasteiger partial charge in [0, 0.05) is 12.4 Å². The minimum Gasteiger partial charge on any atom is -0.506 e. The molecule has 2 aromatic carbocycles. The third-order valence-corrected chi connectivity index (χ3v) is 4.74. The molecule has 0 aliphatic carbocycles. The summed E-state index contributed by atoms with van der Waals surface area (Å²) in [5, 5.41) is 11.0. The lowest BCUT2D eigenvalue weighted by Crippen LogP contribution is -2.24. The largest absolute Gasteiger partial charge is 0.506 e. The van der Waals surface area contributed by atoms with E-state index in [-0.39, 0.29) is 17.9 Å². The molecule has 0 spiro atoms. The quantitative estimate of drug-likeness (QED) is 0.383. The van der Waals surface area contributed by atoms with Gasteiger partial charge in [-0.1, -0.05) is 24.3 Å². The van der Waals surface area contributed by atoms with Gasteiger partial charge >= 0.3 is 5.97 Å². The third-order valence-electron chi connectivity index (χ3n) is 4.74. The number of hydrogen-bond donors (Lipinski definition) is 1. The Balaban J connectivity index is 1.95. The number of pyridine rings is 1. The summed E-state index contributed by atoms with van der Waals surface area (Å²) in [5.41, 5.74) is 0.915. The normalized spacial score (nSPS) is 11.4. The first-order valence-electron chi connectivity index (χ1n) is 9.17. The highest BCUT2D eigenvalue weighted by molar-refractivity contribution is 6.12. The van der Waals surface area contributed by atoms with Gasteiger partial charge in [-0.05, 0) is 48.4 Å². The topological polar surface area (TPSA) is 94.8 Å². The molecule has 7 nitrogen and oxygen atoms in total. The summed E-state index contributed by atoms with van der Waals surface area (Å²) in [6, 6.07) is 13.7. The van der Waals surface area contributed by atoms with E-state index in [9.17, 15) is 19.5 Å². The van der Waals surface area contributed by atoms with Crippen molar-refractivity contribution in [2.24, 2.45) is 7.05 Å². The molecule has 0 aliphatic rings. The zero-order valence-corrected chi connectivity index (χ0v) is 16.8. The molecular weight excluding hydrogens is 386 g/mol. The Morgan fingerprint density at radius 3 is 2.60 bits per heavy atom. The van der Waals surface area contributed by atoms with Crippen molar-refractivity contribution in [2.45, 2.75) is 6.92 Å². The third kappa shape index (κ3) is 4.10. The molecule has 0 fully saturated rings. The first kappa shape index (κ1) is 20.9. The summed E-state index contributed by atoms with van der Waals surface area (Å²) < 4.78 is 11.2. The van der Waals surface area contributed by atoms with Crippen LogP contribution in [0.25, 0.3) is 16.5 Å². The Morgan fingerprint density at radius 1 is 1.13 bits per heavy atom. The SMILES string of the molecule is COC(=O)COc1cccc(/C(C)=C/C(=O)c2c(O)c3ccccc3n(C)c2=O)c1. The minimum absolute atomic E-state index is 0.233. The Morgan fingerprint density at radius 2 is 1.87 bits per heavy atom. The number of carbonyl (C=O) groups excluding carboxylic acids is 2. The molecule has 1 aromatic heterocycles. The second kappa shape index (κ2) is 8.65. The maximum absolute atomic E-state index is 12.9. The molecule has 0 amide bonds. The smallest absolute Gasteiger partial charge is 0.343 e. The van der Waals surface area contributed by atoms with Crippen molar-refractivity contribution in [3.05, 3.63) is 76.1 Å². The van der Waals surface area contributed by atoms with E-state index in [1.54, 1.807) is 62.5 Å². The lowest BCUT2D eigenvalue weighted by Gasteiger charge is -2.11.